The molecule has 0 radical (unpaired) electrons. The predicted molar refractivity (Wildman–Crippen MR) is 126 cm³/mol. The minimum Gasteiger partial charge on any atom is -0.493 e. The second-order valence-corrected chi connectivity index (χ2v) is 7.97. The van der Waals surface area contributed by atoms with Gasteiger partial charge in [-0.3, -0.25) is 4.79 Å². The number of amides is 1. The number of carbonyl (C=O) groups excluding carboxylic acids is 1. The molecule has 0 aliphatic carbocycles. The van der Waals surface area contributed by atoms with E-state index in [2.05, 4.69) is 19.2 Å². The Morgan fingerprint density at radius 2 is 1.59 bits per heavy atom. The zero-order chi connectivity index (χ0) is 22.8. The lowest BCUT2D eigenvalue weighted by Gasteiger charge is -2.14. The van der Waals surface area contributed by atoms with Gasteiger partial charge in [0.2, 0.25) is 0 Å². The van der Waals surface area contributed by atoms with E-state index < -0.39 is 0 Å². The van der Waals surface area contributed by atoms with Crippen molar-refractivity contribution in [1.29, 1.82) is 0 Å². The average molecular weight is 434 g/mol. The molecule has 168 valence electrons. The Morgan fingerprint density at radius 1 is 0.844 bits per heavy atom. The van der Waals surface area contributed by atoms with E-state index in [9.17, 15) is 4.79 Å². The van der Waals surface area contributed by atoms with Crippen LogP contribution in [0.15, 0.2) is 72.8 Å². The fourth-order valence-electron chi connectivity index (χ4n) is 3.14. The van der Waals surface area contributed by atoms with Crippen molar-refractivity contribution >= 4 is 5.91 Å². The molecule has 0 unspecified atom stereocenters. The molecule has 0 saturated carbocycles. The molecule has 3 aromatic carbocycles. The number of nitrogens with one attached hydrogen (secondary N) is 1. The number of carbonyl (C=O) groups is 1. The summed E-state index contributed by atoms with van der Waals surface area (Å²) >= 11 is 0. The Balaban J connectivity index is 1.60. The summed E-state index contributed by atoms with van der Waals surface area (Å²) in [5.41, 5.74) is 2.48. The van der Waals surface area contributed by atoms with Gasteiger partial charge in [-0.15, -0.1) is 0 Å². The lowest BCUT2D eigenvalue weighted by Crippen LogP contribution is -2.23. The number of rotatable bonds is 11. The minimum atomic E-state index is -0.190. The molecule has 5 nitrogen and oxygen atoms in total. The summed E-state index contributed by atoms with van der Waals surface area (Å²) in [5, 5.41) is 2.97. The highest BCUT2D eigenvalue weighted by Crippen LogP contribution is 2.28. The minimum absolute atomic E-state index is 0.190. The van der Waals surface area contributed by atoms with Crippen LogP contribution in [0.2, 0.25) is 0 Å². The number of benzene rings is 3. The summed E-state index contributed by atoms with van der Waals surface area (Å²) in [7, 11) is 1.62. The number of hydrogen-bond acceptors (Lipinski definition) is 4. The van der Waals surface area contributed by atoms with Gasteiger partial charge in [-0.25, -0.2) is 0 Å². The summed E-state index contributed by atoms with van der Waals surface area (Å²) in [6.07, 6.45) is 0.979. The van der Waals surface area contributed by atoms with Crippen LogP contribution in [0.4, 0.5) is 0 Å². The van der Waals surface area contributed by atoms with Crippen LogP contribution in [0.5, 0.6) is 17.2 Å². The van der Waals surface area contributed by atoms with Crippen LogP contribution in [0, 0.1) is 5.92 Å². The highest BCUT2D eigenvalue weighted by Gasteiger charge is 2.13. The maximum Gasteiger partial charge on any atom is 0.255 e. The molecule has 5 heteroatoms. The Bertz CT molecular complexity index is 1000. The van der Waals surface area contributed by atoms with Gasteiger partial charge in [-0.05, 0) is 47.7 Å². The molecule has 0 spiro atoms. The third kappa shape index (κ3) is 6.77. The van der Waals surface area contributed by atoms with Gasteiger partial charge in [-0.2, -0.15) is 0 Å². The second kappa shape index (κ2) is 11.8. The van der Waals surface area contributed by atoms with E-state index in [-0.39, 0.29) is 5.91 Å². The van der Waals surface area contributed by atoms with E-state index in [4.69, 9.17) is 14.2 Å². The van der Waals surface area contributed by atoms with Crippen LogP contribution in [0.25, 0.3) is 0 Å². The lowest BCUT2D eigenvalue weighted by molar-refractivity contribution is 0.0946. The molecule has 0 atom stereocenters. The van der Waals surface area contributed by atoms with Crippen LogP contribution in [-0.4, -0.2) is 19.6 Å². The molecule has 3 aromatic rings. The predicted octanol–water partition coefficient (Wildman–Crippen LogP) is 5.63. The van der Waals surface area contributed by atoms with Gasteiger partial charge in [0.25, 0.3) is 5.91 Å². The summed E-state index contributed by atoms with van der Waals surface area (Å²) in [4.78, 5) is 12.8. The van der Waals surface area contributed by atoms with Crippen molar-refractivity contribution in [3.05, 3.63) is 89.5 Å². The highest BCUT2D eigenvalue weighted by atomic mass is 16.5. The van der Waals surface area contributed by atoms with E-state index in [0.29, 0.717) is 48.5 Å². The van der Waals surface area contributed by atoms with E-state index in [0.717, 1.165) is 17.5 Å². The first-order chi connectivity index (χ1) is 15.6. The molecule has 0 fully saturated rings. The zero-order valence-electron chi connectivity index (χ0n) is 19.0. The molecule has 0 bridgehead atoms. The monoisotopic (exact) mass is 433 g/mol. The molecule has 32 heavy (non-hydrogen) atoms. The van der Waals surface area contributed by atoms with Gasteiger partial charge < -0.3 is 19.5 Å². The van der Waals surface area contributed by atoms with Crippen LogP contribution in [-0.2, 0) is 13.2 Å². The van der Waals surface area contributed by atoms with Crippen molar-refractivity contribution in [2.75, 3.05) is 13.7 Å². The van der Waals surface area contributed by atoms with E-state index in [1.165, 1.54) is 0 Å². The molecule has 0 saturated heterocycles. The zero-order valence-corrected chi connectivity index (χ0v) is 19.0. The molecule has 0 aliphatic rings. The number of para-hydroxylation sites is 1. The topological polar surface area (TPSA) is 56.8 Å². The molecule has 1 N–H and O–H groups in total. The first kappa shape index (κ1) is 23.2. The molecular formula is C27H31NO4. The van der Waals surface area contributed by atoms with Crippen molar-refractivity contribution < 1.29 is 19.0 Å². The lowest BCUT2D eigenvalue weighted by atomic mass is 10.1. The molecule has 0 aliphatic heterocycles. The fraction of sp³-hybridized carbons (Fsp3) is 0.296. The van der Waals surface area contributed by atoms with Crippen LogP contribution in [0.1, 0.15) is 41.8 Å². The summed E-state index contributed by atoms with van der Waals surface area (Å²) in [6, 6.07) is 22.9. The maximum atomic E-state index is 12.8. The quantitative estimate of drug-likeness (QED) is 0.426. The van der Waals surface area contributed by atoms with Gasteiger partial charge in [-0.1, -0.05) is 62.4 Å². The first-order valence-electron chi connectivity index (χ1n) is 10.9. The van der Waals surface area contributed by atoms with Gasteiger partial charge in [0.1, 0.15) is 12.4 Å². The van der Waals surface area contributed by atoms with Gasteiger partial charge in [0.05, 0.1) is 19.3 Å². The average Bonchev–Trinajstić information content (AvgIpc) is 2.82. The smallest absolute Gasteiger partial charge is 0.255 e. The van der Waals surface area contributed by atoms with E-state index in [1.807, 2.05) is 66.7 Å². The standard InChI is InChI=1S/C27H31NO4/c1-20(2)15-16-31-25-14-13-22(17-26(25)30-3)18-28-27(29)23-11-7-8-12-24(23)32-19-21-9-5-4-6-10-21/h4-14,17,20H,15-16,18-19H2,1-3H3,(H,28,29). The Kier molecular flexibility index (Phi) is 8.55. The van der Waals surface area contributed by atoms with Gasteiger partial charge >= 0.3 is 0 Å². The van der Waals surface area contributed by atoms with E-state index >= 15 is 0 Å². The highest BCUT2D eigenvalue weighted by molar-refractivity contribution is 5.96. The Labute approximate surface area is 190 Å². The summed E-state index contributed by atoms with van der Waals surface area (Å²) < 4.78 is 17.2. The van der Waals surface area contributed by atoms with E-state index in [1.54, 1.807) is 13.2 Å². The largest absolute Gasteiger partial charge is 0.493 e. The normalized spacial score (nSPS) is 10.6. The van der Waals surface area contributed by atoms with Crippen LogP contribution in [0.3, 0.4) is 0 Å². The van der Waals surface area contributed by atoms with Crippen molar-refractivity contribution in [2.45, 2.75) is 33.4 Å². The second-order valence-electron chi connectivity index (χ2n) is 7.97. The van der Waals surface area contributed by atoms with Gasteiger partial charge in [0.15, 0.2) is 11.5 Å². The van der Waals surface area contributed by atoms with Crippen LogP contribution >= 0.6 is 0 Å². The van der Waals surface area contributed by atoms with Crippen molar-refractivity contribution in [1.82, 2.24) is 5.32 Å². The molecule has 0 heterocycles. The Morgan fingerprint density at radius 3 is 2.34 bits per heavy atom. The fourth-order valence-corrected chi connectivity index (χ4v) is 3.14. The Hall–Kier alpha value is -3.47. The third-order valence-electron chi connectivity index (χ3n) is 5.00. The van der Waals surface area contributed by atoms with Crippen molar-refractivity contribution in [2.24, 2.45) is 5.92 Å². The molecule has 0 aromatic heterocycles. The van der Waals surface area contributed by atoms with Gasteiger partial charge in [0, 0.05) is 6.54 Å². The third-order valence-corrected chi connectivity index (χ3v) is 5.00. The number of hydrogen-bond donors (Lipinski definition) is 1. The first-order valence-corrected chi connectivity index (χ1v) is 10.9. The SMILES string of the molecule is COc1cc(CNC(=O)c2ccccc2OCc2ccccc2)ccc1OCCC(C)C. The molecular weight excluding hydrogens is 402 g/mol. The van der Waals surface area contributed by atoms with Crippen molar-refractivity contribution in [3.63, 3.8) is 0 Å². The molecule has 3 rings (SSSR count). The molecule has 1 amide bonds. The summed E-state index contributed by atoms with van der Waals surface area (Å²) in [6.45, 7) is 5.74. The summed E-state index contributed by atoms with van der Waals surface area (Å²) in [5.74, 6) is 2.32. The number of methoxy groups -OCH3 is 1. The maximum absolute atomic E-state index is 12.8. The van der Waals surface area contributed by atoms with Crippen LogP contribution < -0.4 is 19.5 Å². The van der Waals surface area contributed by atoms with Crippen molar-refractivity contribution in [3.8, 4) is 17.2 Å². The number of ether oxygens (including phenoxy) is 3.